The molecule has 29 heavy (non-hydrogen) atoms. The molecule has 0 radical (unpaired) electrons. The second-order valence-electron chi connectivity index (χ2n) is 7.12. The number of pyridine rings is 1. The summed E-state index contributed by atoms with van der Waals surface area (Å²) >= 11 is 0. The third kappa shape index (κ3) is 4.21. The van der Waals surface area contributed by atoms with E-state index in [1.807, 2.05) is 25.1 Å². The van der Waals surface area contributed by atoms with Gasteiger partial charge in [0.1, 0.15) is 5.82 Å². The molecule has 4 rings (SSSR count). The van der Waals surface area contributed by atoms with Gasteiger partial charge in [-0.2, -0.15) is 0 Å². The van der Waals surface area contributed by atoms with Crippen LogP contribution in [-0.2, 0) is 0 Å². The van der Waals surface area contributed by atoms with Crippen LogP contribution >= 0.6 is 0 Å². The average molecular weight is 391 g/mol. The van der Waals surface area contributed by atoms with Crippen molar-refractivity contribution in [2.45, 2.75) is 25.7 Å². The second-order valence-corrected chi connectivity index (χ2v) is 7.12. The van der Waals surface area contributed by atoms with Gasteiger partial charge in [0.15, 0.2) is 0 Å². The molecule has 148 valence electrons. The Balaban J connectivity index is 1.60. The van der Waals surface area contributed by atoms with Crippen molar-refractivity contribution in [3.05, 3.63) is 77.2 Å². The predicted octanol–water partition coefficient (Wildman–Crippen LogP) is 5.41. The molecule has 0 bridgehead atoms. The lowest BCUT2D eigenvalue weighted by Crippen LogP contribution is -2.15. The SMILES string of the molecule is COc1ccc(NC(=O)c2ccccc2Nc2ccc(F)cc2C2CC2)c(C)n1. The number of methoxy groups -OCH3 is 1. The Labute approximate surface area is 168 Å². The summed E-state index contributed by atoms with van der Waals surface area (Å²) in [4.78, 5) is 17.2. The molecular formula is C23H22FN3O2. The highest BCUT2D eigenvalue weighted by atomic mass is 19.1. The first-order chi connectivity index (χ1) is 14.0. The maximum absolute atomic E-state index is 13.7. The molecule has 1 fully saturated rings. The van der Waals surface area contributed by atoms with Crippen molar-refractivity contribution in [1.82, 2.24) is 4.98 Å². The third-order valence-electron chi connectivity index (χ3n) is 4.99. The van der Waals surface area contributed by atoms with E-state index in [1.54, 1.807) is 37.4 Å². The van der Waals surface area contributed by atoms with Gasteiger partial charge in [0.25, 0.3) is 5.91 Å². The Bertz CT molecular complexity index is 1060. The van der Waals surface area contributed by atoms with Crippen LogP contribution in [0, 0.1) is 12.7 Å². The standard InChI is InChI=1S/C23H22FN3O2/c1-14-19(11-12-22(25-14)29-2)27-23(28)17-5-3-4-6-20(17)26-21-10-9-16(24)13-18(21)15-7-8-15/h3-6,9-13,15,26H,7-8H2,1-2H3,(H,27,28). The van der Waals surface area contributed by atoms with Crippen LogP contribution in [0.1, 0.15) is 40.4 Å². The molecule has 0 spiro atoms. The maximum Gasteiger partial charge on any atom is 0.257 e. The summed E-state index contributed by atoms with van der Waals surface area (Å²) in [5, 5.41) is 6.23. The number of anilines is 3. The number of halogens is 1. The van der Waals surface area contributed by atoms with E-state index < -0.39 is 0 Å². The first-order valence-electron chi connectivity index (χ1n) is 9.53. The van der Waals surface area contributed by atoms with E-state index in [9.17, 15) is 9.18 Å². The maximum atomic E-state index is 13.7. The normalized spacial score (nSPS) is 13.1. The average Bonchev–Trinajstić information content (AvgIpc) is 3.56. The van der Waals surface area contributed by atoms with Gasteiger partial charge in [0, 0.05) is 11.8 Å². The molecule has 3 aromatic rings. The molecule has 5 nitrogen and oxygen atoms in total. The van der Waals surface area contributed by atoms with Crippen LogP contribution in [0.2, 0.25) is 0 Å². The Hall–Kier alpha value is -3.41. The van der Waals surface area contributed by atoms with Crippen molar-refractivity contribution < 1.29 is 13.9 Å². The van der Waals surface area contributed by atoms with Crippen LogP contribution in [0.3, 0.4) is 0 Å². The molecule has 0 unspecified atom stereocenters. The topological polar surface area (TPSA) is 63.2 Å². The van der Waals surface area contributed by atoms with Crippen LogP contribution in [0.4, 0.5) is 21.5 Å². The molecule has 1 aliphatic carbocycles. The van der Waals surface area contributed by atoms with Crippen LogP contribution in [0.5, 0.6) is 5.88 Å². The summed E-state index contributed by atoms with van der Waals surface area (Å²) in [5.41, 5.74) is 4.22. The van der Waals surface area contributed by atoms with Crippen molar-refractivity contribution in [1.29, 1.82) is 0 Å². The van der Waals surface area contributed by atoms with Crippen molar-refractivity contribution in [2.24, 2.45) is 0 Å². The molecule has 1 heterocycles. The van der Waals surface area contributed by atoms with Gasteiger partial charge in [0.05, 0.1) is 29.7 Å². The summed E-state index contributed by atoms with van der Waals surface area (Å²) in [7, 11) is 1.55. The number of para-hydroxylation sites is 1. The summed E-state index contributed by atoms with van der Waals surface area (Å²) in [6, 6.07) is 15.5. The van der Waals surface area contributed by atoms with E-state index in [2.05, 4.69) is 15.6 Å². The number of benzene rings is 2. The number of rotatable bonds is 6. The van der Waals surface area contributed by atoms with E-state index in [0.717, 1.165) is 24.1 Å². The first kappa shape index (κ1) is 18.9. The van der Waals surface area contributed by atoms with Gasteiger partial charge in [-0.15, -0.1) is 0 Å². The van der Waals surface area contributed by atoms with Crippen molar-refractivity contribution >= 4 is 23.0 Å². The van der Waals surface area contributed by atoms with Gasteiger partial charge in [0.2, 0.25) is 5.88 Å². The van der Waals surface area contributed by atoms with Crippen molar-refractivity contribution in [3.63, 3.8) is 0 Å². The fraction of sp³-hybridized carbons (Fsp3) is 0.217. The van der Waals surface area contributed by atoms with E-state index in [0.29, 0.717) is 34.4 Å². The summed E-state index contributed by atoms with van der Waals surface area (Å²) in [6.45, 7) is 1.81. The minimum absolute atomic E-state index is 0.244. The van der Waals surface area contributed by atoms with Crippen molar-refractivity contribution in [3.8, 4) is 5.88 Å². The number of amides is 1. The minimum atomic E-state index is -0.252. The Morgan fingerprint density at radius 1 is 1.07 bits per heavy atom. The lowest BCUT2D eigenvalue weighted by Gasteiger charge is -2.16. The number of nitrogens with one attached hydrogen (secondary N) is 2. The van der Waals surface area contributed by atoms with Gasteiger partial charge < -0.3 is 15.4 Å². The lowest BCUT2D eigenvalue weighted by atomic mass is 10.1. The molecule has 0 saturated heterocycles. The third-order valence-corrected chi connectivity index (χ3v) is 4.99. The van der Waals surface area contributed by atoms with Crippen molar-refractivity contribution in [2.75, 3.05) is 17.7 Å². The van der Waals surface area contributed by atoms with E-state index in [-0.39, 0.29) is 11.7 Å². The number of ether oxygens (including phenoxy) is 1. The number of carbonyl (C=O) groups is 1. The zero-order valence-electron chi connectivity index (χ0n) is 16.3. The molecule has 6 heteroatoms. The van der Waals surface area contributed by atoms with Gasteiger partial charge >= 0.3 is 0 Å². The number of hydrogen-bond donors (Lipinski definition) is 2. The molecule has 0 aliphatic heterocycles. The Morgan fingerprint density at radius 2 is 1.83 bits per heavy atom. The van der Waals surface area contributed by atoms with Crippen LogP contribution in [0.15, 0.2) is 54.6 Å². The van der Waals surface area contributed by atoms with Gasteiger partial charge in [-0.25, -0.2) is 9.37 Å². The molecule has 1 aromatic heterocycles. The highest BCUT2D eigenvalue weighted by Gasteiger charge is 2.27. The minimum Gasteiger partial charge on any atom is -0.481 e. The number of aryl methyl sites for hydroxylation is 1. The molecule has 1 amide bonds. The first-order valence-corrected chi connectivity index (χ1v) is 9.53. The Morgan fingerprint density at radius 3 is 2.55 bits per heavy atom. The summed E-state index contributed by atoms with van der Waals surface area (Å²) in [5.74, 6) is 0.373. The lowest BCUT2D eigenvalue weighted by molar-refractivity contribution is 0.102. The predicted molar refractivity (Wildman–Crippen MR) is 112 cm³/mol. The molecule has 1 aliphatic rings. The second kappa shape index (κ2) is 7.91. The van der Waals surface area contributed by atoms with E-state index in [4.69, 9.17) is 4.74 Å². The number of aromatic nitrogens is 1. The number of carbonyl (C=O) groups excluding carboxylic acids is 1. The zero-order chi connectivity index (χ0) is 20.4. The smallest absolute Gasteiger partial charge is 0.257 e. The molecule has 0 atom stereocenters. The fourth-order valence-corrected chi connectivity index (χ4v) is 3.29. The quantitative estimate of drug-likeness (QED) is 0.590. The molecule has 2 aromatic carbocycles. The summed E-state index contributed by atoms with van der Waals surface area (Å²) < 4.78 is 18.8. The van der Waals surface area contributed by atoms with E-state index in [1.165, 1.54) is 6.07 Å². The van der Waals surface area contributed by atoms with Crippen LogP contribution in [-0.4, -0.2) is 18.0 Å². The van der Waals surface area contributed by atoms with Gasteiger partial charge in [-0.05, 0) is 67.6 Å². The van der Waals surface area contributed by atoms with E-state index >= 15 is 0 Å². The van der Waals surface area contributed by atoms with Crippen LogP contribution in [0.25, 0.3) is 0 Å². The zero-order valence-corrected chi connectivity index (χ0v) is 16.3. The molecular weight excluding hydrogens is 369 g/mol. The largest absolute Gasteiger partial charge is 0.481 e. The fourth-order valence-electron chi connectivity index (χ4n) is 3.29. The Kier molecular flexibility index (Phi) is 5.16. The highest BCUT2D eigenvalue weighted by molar-refractivity contribution is 6.08. The highest BCUT2D eigenvalue weighted by Crippen LogP contribution is 2.44. The summed E-state index contributed by atoms with van der Waals surface area (Å²) in [6.07, 6.45) is 2.12. The van der Waals surface area contributed by atoms with Crippen LogP contribution < -0.4 is 15.4 Å². The molecule has 1 saturated carbocycles. The number of hydrogen-bond acceptors (Lipinski definition) is 4. The van der Waals surface area contributed by atoms with Gasteiger partial charge in [-0.3, -0.25) is 4.79 Å². The van der Waals surface area contributed by atoms with Gasteiger partial charge in [-0.1, -0.05) is 12.1 Å². The molecule has 2 N–H and O–H groups in total. The monoisotopic (exact) mass is 391 g/mol. The number of nitrogens with zero attached hydrogens (tertiary/aromatic N) is 1.